The van der Waals surface area contributed by atoms with Crippen molar-refractivity contribution in [2.24, 2.45) is 0 Å². The largest absolute Gasteiger partial charge is 0.438 e. The van der Waals surface area contributed by atoms with Crippen LogP contribution in [-0.2, 0) is 0 Å². The van der Waals surface area contributed by atoms with Gasteiger partial charge in [-0.25, -0.2) is 19.9 Å². The normalized spacial score (nSPS) is 11.7. The molecule has 0 saturated carbocycles. The van der Waals surface area contributed by atoms with Crippen molar-refractivity contribution in [3.63, 3.8) is 0 Å². The van der Waals surface area contributed by atoms with Crippen LogP contribution in [0.25, 0.3) is 99.8 Å². The molecule has 0 amide bonds. The molecule has 0 N–H and O–H groups in total. The Hall–Kier alpha value is -6.72. The Morgan fingerprint density at radius 2 is 0.878 bits per heavy atom. The zero-order chi connectivity index (χ0) is 32.3. The zero-order valence-electron chi connectivity index (χ0n) is 26.2. The molecule has 3 aromatic heterocycles. The molecule has 3 heterocycles. The fraction of sp³-hybridized carbons (Fsp3) is 0. The highest BCUT2D eigenvalue weighted by molar-refractivity contribution is 6.19. The summed E-state index contributed by atoms with van der Waals surface area (Å²) in [5.74, 6) is 1.66. The highest BCUT2D eigenvalue weighted by Crippen LogP contribution is 2.38. The molecule has 0 unspecified atom stereocenters. The lowest BCUT2D eigenvalue weighted by atomic mass is 9.97. The molecule has 10 aromatic rings. The predicted molar refractivity (Wildman–Crippen MR) is 199 cm³/mol. The fourth-order valence-electron chi connectivity index (χ4n) is 7.04. The first-order valence-electron chi connectivity index (χ1n) is 16.3. The summed E-state index contributed by atoms with van der Waals surface area (Å²) in [4.78, 5) is 20.5. The van der Waals surface area contributed by atoms with Gasteiger partial charge in [0.2, 0.25) is 5.71 Å². The molecule has 5 nitrogen and oxygen atoms in total. The summed E-state index contributed by atoms with van der Waals surface area (Å²) in [5, 5.41) is 8.65. The standard InChI is InChI=1S/C44H26N4O/c1-3-15-31-27(11-1)13-9-20-32(31)29-23-25-30(26-24-29)41-46-42(36-21-10-14-28-12-2-4-16-33(28)36)48-43(47-41)40-35-18-6-5-17-34(35)39-37-19-7-8-22-38(37)49-44(39)45-40/h1-26H. The Kier molecular flexibility index (Phi) is 6.11. The Bertz CT molecular complexity index is 2880. The van der Waals surface area contributed by atoms with Crippen LogP contribution >= 0.6 is 0 Å². The number of aromatic nitrogens is 4. The number of pyridine rings is 1. The van der Waals surface area contributed by atoms with Gasteiger partial charge in [-0.2, -0.15) is 0 Å². The molecule has 0 fully saturated rings. The summed E-state index contributed by atoms with van der Waals surface area (Å²) < 4.78 is 6.31. The van der Waals surface area contributed by atoms with Gasteiger partial charge in [-0.3, -0.25) is 0 Å². The number of furan rings is 1. The van der Waals surface area contributed by atoms with Crippen molar-refractivity contribution >= 4 is 54.4 Å². The lowest BCUT2D eigenvalue weighted by Gasteiger charge is -2.12. The Labute approximate surface area is 281 Å². The van der Waals surface area contributed by atoms with Crippen LogP contribution in [0, 0.1) is 0 Å². The number of para-hydroxylation sites is 1. The van der Waals surface area contributed by atoms with Gasteiger partial charge in [0.05, 0.1) is 5.39 Å². The van der Waals surface area contributed by atoms with E-state index in [0.717, 1.165) is 54.6 Å². The van der Waals surface area contributed by atoms with Gasteiger partial charge in [0.25, 0.3) is 0 Å². The lowest BCUT2D eigenvalue weighted by Crippen LogP contribution is -2.02. The van der Waals surface area contributed by atoms with E-state index in [0.29, 0.717) is 28.9 Å². The van der Waals surface area contributed by atoms with Crippen LogP contribution in [0.1, 0.15) is 0 Å². The third-order valence-electron chi connectivity index (χ3n) is 9.36. The van der Waals surface area contributed by atoms with E-state index in [1.54, 1.807) is 0 Å². The summed E-state index contributed by atoms with van der Waals surface area (Å²) in [7, 11) is 0. The third kappa shape index (κ3) is 4.48. The van der Waals surface area contributed by atoms with Crippen LogP contribution in [0.4, 0.5) is 0 Å². The van der Waals surface area contributed by atoms with Gasteiger partial charge in [0, 0.05) is 21.9 Å². The molecule has 0 aliphatic carbocycles. The van der Waals surface area contributed by atoms with Gasteiger partial charge in [0.15, 0.2) is 17.5 Å². The van der Waals surface area contributed by atoms with Gasteiger partial charge in [-0.15, -0.1) is 0 Å². The Morgan fingerprint density at radius 3 is 1.63 bits per heavy atom. The maximum Gasteiger partial charge on any atom is 0.228 e. The number of rotatable bonds is 4. The molecule has 0 aliphatic heterocycles. The molecule has 0 bridgehead atoms. The van der Waals surface area contributed by atoms with Crippen molar-refractivity contribution in [2.75, 3.05) is 0 Å². The average Bonchev–Trinajstić information content (AvgIpc) is 3.56. The summed E-state index contributed by atoms with van der Waals surface area (Å²) in [6.07, 6.45) is 0. The summed E-state index contributed by atoms with van der Waals surface area (Å²) >= 11 is 0. The van der Waals surface area contributed by atoms with Gasteiger partial charge in [-0.05, 0) is 44.1 Å². The maximum absolute atomic E-state index is 6.31. The second-order valence-electron chi connectivity index (χ2n) is 12.2. The molecule has 0 saturated heterocycles. The van der Waals surface area contributed by atoms with Crippen molar-refractivity contribution < 1.29 is 4.42 Å². The van der Waals surface area contributed by atoms with Gasteiger partial charge in [0.1, 0.15) is 11.3 Å². The van der Waals surface area contributed by atoms with E-state index in [1.807, 2.05) is 48.5 Å². The van der Waals surface area contributed by atoms with Crippen molar-refractivity contribution in [1.82, 2.24) is 19.9 Å². The fourth-order valence-corrected chi connectivity index (χ4v) is 7.04. The SMILES string of the molecule is c1ccc2c(-c3ccc(-c4nc(-c5cccc6ccccc56)nc(-c5nc6oc7ccccc7c6c6ccccc56)n4)cc3)cccc2c1. The maximum atomic E-state index is 6.31. The van der Waals surface area contributed by atoms with Crippen LogP contribution in [-0.4, -0.2) is 19.9 Å². The van der Waals surface area contributed by atoms with Crippen LogP contribution in [0.15, 0.2) is 162 Å². The monoisotopic (exact) mass is 626 g/mol. The molecule has 0 aliphatic rings. The average molecular weight is 627 g/mol. The lowest BCUT2D eigenvalue weighted by molar-refractivity contribution is 0.655. The van der Waals surface area contributed by atoms with E-state index in [4.69, 9.17) is 24.4 Å². The number of hydrogen-bond donors (Lipinski definition) is 0. The van der Waals surface area contributed by atoms with E-state index >= 15 is 0 Å². The van der Waals surface area contributed by atoms with E-state index in [-0.39, 0.29) is 0 Å². The van der Waals surface area contributed by atoms with E-state index < -0.39 is 0 Å². The van der Waals surface area contributed by atoms with Crippen molar-refractivity contribution in [1.29, 1.82) is 0 Å². The minimum Gasteiger partial charge on any atom is -0.438 e. The van der Waals surface area contributed by atoms with Crippen molar-refractivity contribution in [3.05, 3.63) is 158 Å². The molecule has 10 rings (SSSR count). The second-order valence-corrected chi connectivity index (χ2v) is 12.2. The molecule has 0 spiro atoms. The second kappa shape index (κ2) is 10.9. The highest BCUT2D eigenvalue weighted by atomic mass is 16.3. The number of fused-ring (bicyclic) bond motifs is 7. The van der Waals surface area contributed by atoms with Crippen LogP contribution in [0.2, 0.25) is 0 Å². The first-order valence-corrected chi connectivity index (χ1v) is 16.3. The third-order valence-corrected chi connectivity index (χ3v) is 9.36. The van der Waals surface area contributed by atoms with E-state index in [9.17, 15) is 0 Å². The van der Waals surface area contributed by atoms with Crippen LogP contribution in [0.3, 0.4) is 0 Å². The molecular weight excluding hydrogens is 601 g/mol. The van der Waals surface area contributed by atoms with Gasteiger partial charge in [-0.1, -0.05) is 152 Å². The quantitative estimate of drug-likeness (QED) is 0.194. The predicted octanol–water partition coefficient (Wildman–Crippen LogP) is 11.3. The molecule has 228 valence electrons. The topological polar surface area (TPSA) is 64.7 Å². The van der Waals surface area contributed by atoms with E-state index in [2.05, 4.69) is 109 Å². The molecule has 49 heavy (non-hydrogen) atoms. The van der Waals surface area contributed by atoms with Crippen LogP contribution in [0.5, 0.6) is 0 Å². The Balaban J connectivity index is 1.20. The van der Waals surface area contributed by atoms with Gasteiger partial charge < -0.3 is 4.42 Å². The van der Waals surface area contributed by atoms with Crippen molar-refractivity contribution in [2.45, 2.75) is 0 Å². The highest BCUT2D eigenvalue weighted by Gasteiger charge is 2.20. The summed E-state index contributed by atoms with van der Waals surface area (Å²) in [6.45, 7) is 0. The molecule has 0 radical (unpaired) electrons. The first kappa shape index (κ1) is 27.4. The smallest absolute Gasteiger partial charge is 0.228 e. The summed E-state index contributed by atoms with van der Waals surface area (Å²) in [6, 6.07) is 54.3. The van der Waals surface area contributed by atoms with Crippen LogP contribution < -0.4 is 0 Å². The zero-order valence-corrected chi connectivity index (χ0v) is 26.2. The van der Waals surface area contributed by atoms with E-state index in [1.165, 1.54) is 16.3 Å². The Morgan fingerprint density at radius 1 is 0.347 bits per heavy atom. The van der Waals surface area contributed by atoms with Gasteiger partial charge >= 0.3 is 0 Å². The molecular formula is C44H26N4O. The summed E-state index contributed by atoms with van der Waals surface area (Å²) in [5.41, 5.74) is 6.15. The first-order chi connectivity index (χ1) is 24.3. The minimum atomic E-state index is 0.490. The molecule has 0 atom stereocenters. The minimum absolute atomic E-state index is 0.490. The number of nitrogens with zero attached hydrogens (tertiary/aromatic N) is 4. The molecule has 5 heteroatoms. The molecule has 7 aromatic carbocycles. The van der Waals surface area contributed by atoms with Crippen molar-refractivity contribution in [3.8, 4) is 45.4 Å². The number of hydrogen-bond acceptors (Lipinski definition) is 5. The number of benzene rings is 7.